The molecule has 2 heteroatoms. The van der Waals surface area contributed by atoms with Crippen molar-refractivity contribution in [3.8, 4) is 0 Å². The predicted octanol–water partition coefficient (Wildman–Crippen LogP) is 3.94. The van der Waals surface area contributed by atoms with Crippen LogP contribution in [0.4, 0.5) is 0 Å². The van der Waals surface area contributed by atoms with E-state index in [1.165, 1.54) is 16.5 Å². The van der Waals surface area contributed by atoms with Crippen LogP contribution in [0.1, 0.15) is 23.7 Å². The third-order valence-corrected chi connectivity index (χ3v) is 3.64. The molecule has 0 bridgehead atoms. The molecule has 0 saturated heterocycles. The summed E-state index contributed by atoms with van der Waals surface area (Å²) in [4.78, 5) is 4.73. The smallest absolute Gasteiger partial charge is 0.0705 e. The SMILES string of the molecule is CCNCc1ccc(Cc2ccc3ccccc3n2)cc1. The number of nitrogens with one attached hydrogen (secondary N) is 1. The molecule has 0 atom stereocenters. The zero-order valence-corrected chi connectivity index (χ0v) is 12.3. The Hall–Kier alpha value is -2.19. The fourth-order valence-corrected chi connectivity index (χ4v) is 2.46. The quantitative estimate of drug-likeness (QED) is 0.763. The van der Waals surface area contributed by atoms with Gasteiger partial charge in [-0.05, 0) is 29.8 Å². The molecule has 1 N–H and O–H groups in total. The molecule has 0 radical (unpaired) electrons. The Morgan fingerprint density at radius 3 is 2.43 bits per heavy atom. The number of rotatable bonds is 5. The summed E-state index contributed by atoms with van der Waals surface area (Å²) < 4.78 is 0. The first-order valence-corrected chi connectivity index (χ1v) is 7.48. The van der Waals surface area contributed by atoms with Gasteiger partial charge < -0.3 is 5.32 Å². The standard InChI is InChI=1S/C19H20N2/c1-2-20-14-16-9-7-15(8-10-16)13-18-12-11-17-5-3-4-6-19(17)21-18/h3-12,20H,2,13-14H2,1H3. The van der Waals surface area contributed by atoms with Crippen molar-refractivity contribution in [3.63, 3.8) is 0 Å². The second kappa shape index (κ2) is 6.51. The zero-order chi connectivity index (χ0) is 14.5. The van der Waals surface area contributed by atoms with E-state index in [1.54, 1.807) is 0 Å². The van der Waals surface area contributed by atoms with E-state index in [0.29, 0.717) is 0 Å². The average molecular weight is 276 g/mol. The summed E-state index contributed by atoms with van der Waals surface area (Å²) in [5.41, 5.74) is 4.82. The van der Waals surface area contributed by atoms with Gasteiger partial charge in [-0.25, -0.2) is 0 Å². The van der Waals surface area contributed by atoms with Crippen LogP contribution in [0.15, 0.2) is 60.7 Å². The Labute approximate surface area is 125 Å². The lowest BCUT2D eigenvalue weighted by molar-refractivity contribution is 0.726. The molecule has 2 aromatic carbocycles. The summed E-state index contributed by atoms with van der Waals surface area (Å²) in [5, 5.41) is 4.54. The molecule has 106 valence electrons. The first kappa shape index (κ1) is 13.8. The van der Waals surface area contributed by atoms with Gasteiger partial charge in [0, 0.05) is 24.0 Å². The van der Waals surface area contributed by atoms with Crippen LogP contribution in [0.25, 0.3) is 10.9 Å². The van der Waals surface area contributed by atoms with Crippen LogP contribution in [0.5, 0.6) is 0 Å². The molecule has 2 nitrogen and oxygen atoms in total. The van der Waals surface area contributed by atoms with Crippen molar-refractivity contribution in [2.45, 2.75) is 19.9 Å². The van der Waals surface area contributed by atoms with E-state index in [0.717, 1.165) is 30.7 Å². The van der Waals surface area contributed by atoms with E-state index in [1.807, 2.05) is 12.1 Å². The first-order valence-electron chi connectivity index (χ1n) is 7.48. The minimum atomic E-state index is 0.881. The van der Waals surface area contributed by atoms with Gasteiger partial charge in [0.2, 0.25) is 0 Å². The maximum atomic E-state index is 4.73. The number of aromatic nitrogens is 1. The van der Waals surface area contributed by atoms with Gasteiger partial charge in [-0.3, -0.25) is 4.98 Å². The molecule has 3 rings (SSSR count). The lowest BCUT2D eigenvalue weighted by Gasteiger charge is -2.06. The Morgan fingerprint density at radius 2 is 1.62 bits per heavy atom. The third kappa shape index (κ3) is 3.47. The number of hydrogen-bond donors (Lipinski definition) is 1. The molecule has 0 saturated carbocycles. The fourth-order valence-electron chi connectivity index (χ4n) is 2.46. The van der Waals surface area contributed by atoms with Gasteiger partial charge >= 0.3 is 0 Å². The highest BCUT2D eigenvalue weighted by Gasteiger charge is 2.00. The fraction of sp³-hybridized carbons (Fsp3) is 0.211. The Bertz CT molecular complexity index is 717. The van der Waals surface area contributed by atoms with Crippen molar-refractivity contribution in [3.05, 3.63) is 77.5 Å². The van der Waals surface area contributed by atoms with Crippen LogP contribution in [-0.2, 0) is 13.0 Å². The molecule has 3 aromatic rings. The molecule has 0 unspecified atom stereocenters. The topological polar surface area (TPSA) is 24.9 Å². The molecular formula is C19H20N2. The van der Waals surface area contributed by atoms with E-state index in [2.05, 4.69) is 60.8 Å². The highest BCUT2D eigenvalue weighted by Crippen LogP contribution is 2.15. The number of hydrogen-bond acceptors (Lipinski definition) is 2. The van der Waals surface area contributed by atoms with E-state index in [-0.39, 0.29) is 0 Å². The van der Waals surface area contributed by atoms with Gasteiger partial charge in [0.1, 0.15) is 0 Å². The summed E-state index contributed by atoms with van der Waals surface area (Å²) in [7, 11) is 0. The Kier molecular flexibility index (Phi) is 4.27. The lowest BCUT2D eigenvalue weighted by atomic mass is 10.1. The highest BCUT2D eigenvalue weighted by atomic mass is 14.8. The number of para-hydroxylation sites is 1. The molecule has 1 heterocycles. The molecule has 0 aliphatic rings. The molecule has 1 aromatic heterocycles. The van der Waals surface area contributed by atoms with Crippen LogP contribution in [-0.4, -0.2) is 11.5 Å². The second-order valence-electron chi connectivity index (χ2n) is 5.27. The molecule has 0 spiro atoms. The molecule has 0 fully saturated rings. The maximum Gasteiger partial charge on any atom is 0.0705 e. The van der Waals surface area contributed by atoms with Crippen molar-refractivity contribution in [1.29, 1.82) is 0 Å². The summed E-state index contributed by atoms with van der Waals surface area (Å²) in [5.74, 6) is 0. The van der Waals surface area contributed by atoms with Gasteiger partial charge in [0.15, 0.2) is 0 Å². The number of nitrogens with zero attached hydrogens (tertiary/aromatic N) is 1. The minimum absolute atomic E-state index is 0.881. The normalized spacial score (nSPS) is 10.9. The first-order chi connectivity index (χ1) is 10.3. The van der Waals surface area contributed by atoms with Gasteiger partial charge in [-0.15, -0.1) is 0 Å². The van der Waals surface area contributed by atoms with Crippen LogP contribution in [0.2, 0.25) is 0 Å². The van der Waals surface area contributed by atoms with Gasteiger partial charge in [0.05, 0.1) is 5.52 Å². The van der Waals surface area contributed by atoms with Crippen LogP contribution in [0, 0.1) is 0 Å². The van der Waals surface area contributed by atoms with Gasteiger partial charge in [-0.1, -0.05) is 55.5 Å². The summed E-state index contributed by atoms with van der Waals surface area (Å²) in [6.45, 7) is 4.06. The molecule has 21 heavy (non-hydrogen) atoms. The number of fused-ring (bicyclic) bond motifs is 1. The number of benzene rings is 2. The van der Waals surface area contributed by atoms with Crippen molar-refractivity contribution >= 4 is 10.9 Å². The Morgan fingerprint density at radius 1 is 0.857 bits per heavy atom. The maximum absolute atomic E-state index is 4.73. The van der Waals surface area contributed by atoms with Crippen LogP contribution >= 0.6 is 0 Å². The van der Waals surface area contributed by atoms with Crippen LogP contribution in [0.3, 0.4) is 0 Å². The van der Waals surface area contributed by atoms with Crippen molar-refractivity contribution < 1.29 is 0 Å². The molecule has 0 amide bonds. The molecular weight excluding hydrogens is 256 g/mol. The van der Waals surface area contributed by atoms with E-state index < -0.39 is 0 Å². The molecule has 0 aliphatic carbocycles. The summed E-state index contributed by atoms with van der Waals surface area (Å²) >= 11 is 0. The van der Waals surface area contributed by atoms with Crippen molar-refractivity contribution in [1.82, 2.24) is 10.3 Å². The van der Waals surface area contributed by atoms with Crippen LogP contribution < -0.4 is 5.32 Å². The zero-order valence-electron chi connectivity index (χ0n) is 12.3. The van der Waals surface area contributed by atoms with E-state index in [9.17, 15) is 0 Å². The summed E-state index contributed by atoms with van der Waals surface area (Å²) in [6, 6.07) is 21.3. The largest absolute Gasteiger partial charge is 0.313 e. The molecule has 0 aliphatic heterocycles. The third-order valence-electron chi connectivity index (χ3n) is 3.64. The van der Waals surface area contributed by atoms with Gasteiger partial charge in [-0.2, -0.15) is 0 Å². The average Bonchev–Trinajstić information content (AvgIpc) is 2.54. The highest BCUT2D eigenvalue weighted by molar-refractivity contribution is 5.78. The van der Waals surface area contributed by atoms with E-state index in [4.69, 9.17) is 4.98 Å². The number of pyridine rings is 1. The Balaban J connectivity index is 1.75. The van der Waals surface area contributed by atoms with Crippen molar-refractivity contribution in [2.24, 2.45) is 0 Å². The minimum Gasteiger partial charge on any atom is -0.313 e. The lowest BCUT2D eigenvalue weighted by Crippen LogP contribution is -2.11. The summed E-state index contributed by atoms with van der Waals surface area (Å²) in [6.07, 6.45) is 0.881. The van der Waals surface area contributed by atoms with Crippen molar-refractivity contribution in [2.75, 3.05) is 6.54 Å². The van der Waals surface area contributed by atoms with Gasteiger partial charge in [0.25, 0.3) is 0 Å². The van der Waals surface area contributed by atoms with E-state index >= 15 is 0 Å². The second-order valence-corrected chi connectivity index (χ2v) is 5.27. The monoisotopic (exact) mass is 276 g/mol. The predicted molar refractivity (Wildman–Crippen MR) is 88.4 cm³/mol.